The third kappa shape index (κ3) is 3.06. The van der Waals surface area contributed by atoms with Crippen molar-refractivity contribution in [3.05, 3.63) is 54.2 Å². The summed E-state index contributed by atoms with van der Waals surface area (Å²) in [6, 6.07) is 8.50. The first kappa shape index (κ1) is 15.9. The molecular formula is C20H24N4O. The molecule has 1 N–H and O–H groups in total. The number of benzene rings is 1. The van der Waals surface area contributed by atoms with Gasteiger partial charge in [-0.05, 0) is 24.5 Å². The molecule has 4 rings (SSSR count). The average Bonchev–Trinajstić information content (AvgIpc) is 3.29. The summed E-state index contributed by atoms with van der Waals surface area (Å²) in [5.74, 6) is 1.32. The van der Waals surface area contributed by atoms with Crippen LogP contribution in [0.1, 0.15) is 37.2 Å². The molecule has 1 atom stereocenters. The van der Waals surface area contributed by atoms with E-state index in [2.05, 4.69) is 33.7 Å². The number of carbonyl (C=O) groups is 1. The van der Waals surface area contributed by atoms with E-state index in [0.717, 1.165) is 54.6 Å². The highest BCUT2D eigenvalue weighted by molar-refractivity contribution is 5.88. The van der Waals surface area contributed by atoms with Gasteiger partial charge in [-0.15, -0.1) is 0 Å². The topological polar surface area (TPSA) is 53.9 Å². The van der Waals surface area contributed by atoms with Crippen LogP contribution < -0.4 is 0 Å². The molecule has 1 amide bonds. The van der Waals surface area contributed by atoms with Gasteiger partial charge in [-0.3, -0.25) is 4.79 Å². The summed E-state index contributed by atoms with van der Waals surface area (Å²) in [5.41, 5.74) is 2.17. The van der Waals surface area contributed by atoms with E-state index in [1.807, 2.05) is 35.5 Å². The molecule has 0 bridgehead atoms. The Bertz CT molecular complexity index is 879. The number of nitrogens with zero attached hydrogens (tertiary/aromatic N) is 3. The summed E-state index contributed by atoms with van der Waals surface area (Å²) in [4.78, 5) is 22.6. The minimum atomic E-state index is 0.215. The summed E-state index contributed by atoms with van der Waals surface area (Å²) in [6.07, 6.45) is 9.43. The SMILES string of the molecule is CCc1nccn1[C@H]1CCCN(C(=O)Cc2c[nH]c3ccccc23)C1. The van der Waals surface area contributed by atoms with Gasteiger partial charge in [0, 0.05) is 49.0 Å². The first-order chi connectivity index (χ1) is 12.3. The first-order valence-corrected chi connectivity index (χ1v) is 9.10. The van der Waals surface area contributed by atoms with E-state index in [9.17, 15) is 4.79 Å². The maximum atomic E-state index is 12.9. The monoisotopic (exact) mass is 336 g/mol. The predicted octanol–water partition coefficient (Wildman–Crippen LogP) is 3.33. The molecule has 0 unspecified atom stereocenters. The van der Waals surface area contributed by atoms with Crippen molar-refractivity contribution in [2.24, 2.45) is 0 Å². The van der Waals surface area contributed by atoms with Crippen molar-refractivity contribution < 1.29 is 4.79 Å². The molecule has 2 aromatic heterocycles. The summed E-state index contributed by atoms with van der Waals surface area (Å²) in [6.45, 7) is 3.76. The summed E-state index contributed by atoms with van der Waals surface area (Å²) in [7, 11) is 0. The van der Waals surface area contributed by atoms with Gasteiger partial charge in [-0.1, -0.05) is 25.1 Å². The number of likely N-dealkylation sites (tertiary alicyclic amines) is 1. The van der Waals surface area contributed by atoms with Gasteiger partial charge >= 0.3 is 0 Å². The summed E-state index contributed by atoms with van der Waals surface area (Å²) < 4.78 is 2.26. The first-order valence-electron chi connectivity index (χ1n) is 9.10. The van der Waals surface area contributed by atoms with Crippen LogP contribution in [0.4, 0.5) is 0 Å². The second kappa shape index (κ2) is 6.75. The minimum absolute atomic E-state index is 0.215. The summed E-state index contributed by atoms with van der Waals surface area (Å²) >= 11 is 0. The highest BCUT2D eigenvalue weighted by Gasteiger charge is 2.26. The maximum Gasteiger partial charge on any atom is 0.227 e. The molecule has 0 spiro atoms. The molecule has 0 saturated carbocycles. The quantitative estimate of drug-likeness (QED) is 0.794. The Balaban J connectivity index is 1.48. The van der Waals surface area contributed by atoms with Crippen molar-refractivity contribution in [2.75, 3.05) is 13.1 Å². The molecular weight excluding hydrogens is 312 g/mol. The third-order valence-corrected chi connectivity index (χ3v) is 5.22. The minimum Gasteiger partial charge on any atom is -0.361 e. The van der Waals surface area contributed by atoms with Crippen LogP contribution in [0.2, 0.25) is 0 Å². The van der Waals surface area contributed by atoms with Crippen LogP contribution in [0.3, 0.4) is 0 Å². The van der Waals surface area contributed by atoms with Crippen LogP contribution in [0, 0.1) is 0 Å². The van der Waals surface area contributed by atoms with Crippen molar-refractivity contribution in [2.45, 2.75) is 38.6 Å². The molecule has 1 aromatic carbocycles. The van der Waals surface area contributed by atoms with Crippen molar-refractivity contribution in [3.8, 4) is 0 Å². The zero-order valence-corrected chi connectivity index (χ0v) is 14.6. The lowest BCUT2D eigenvalue weighted by molar-refractivity contribution is -0.132. The number of rotatable bonds is 4. The van der Waals surface area contributed by atoms with Gasteiger partial charge < -0.3 is 14.5 Å². The molecule has 3 aromatic rings. The zero-order chi connectivity index (χ0) is 17.2. The number of H-pyrrole nitrogens is 1. The van der Waals surface area contributed by atoms with Crippen molar-refractivity contribution >= 4 is 16.8 Å². The van der Waals surface area contributed by atoms with E-state index in [0.29, 0.717) is 12.5 Å². The largest absolute Gasteiger partial charge is 0.361 e. The van der Waals surface area contributed by atoms with Gasteiger partial charge in [-0.25, -0.2) is 4.98 Å². The molecule has 1 aliphatic rings. The molecule has 3 heterocycles. The molecule has 1 aliphatic heterocycles. The molecule has 1 fully saturated rings. The molecule has 0 aliphatic carbocycles. The predicted molar refractivity (Wildman–Crippen MR) is 98.5 cm³/mol. The molecule has 5 nitrogen and oxygen atoms in total. The lowest BCUT2D eigenvalue weighted by atomic mass is 10.0. The van der Waals surface area contributed by atoms with E-state index >= 15 is 0 Å². The average molecular weight is 336 g/mol. The Labute approximate surface area is 147 Å². The number of hydrogen-bond donors (Lipinski definition) is 1. The fourth-order valence-electron chi connectivity index (χ4n) is 3.91. The molecule has 0 radical (unpaired) electrons. The van der Waals surface area contributed by atoms with E-state index in [4.69, 9.17) is 0 Å². The van der Waals surface area contributed by atoms with E-state index in [1.54, 1.807) is 0 Å². The second-order valence-corrected chi connectivity index (χ2v) is 6.78. The fraction of sp³-hybridized carbons (Fsp3) is 0.400. The normalized spacial score (nSPS) is 18.0. The Morgan fingerprint density at radius 1 is 1.36 bits per heavy atom. The number of nitrogens with one attached hydrogen (secondary N) is 1. The van der Waals surface area contributed by atoms with Crippen LogP contribution in [0.5, 0.6) is 0 Å². The second-order valence-electron chi connectivity index (χ2n) is 6.78. The number of aromatic amines is 1. The lowest BCUT2D eigenvalue weighted by Gasteiger charge is -2.34. The Morgan fingerprint density at radius 3 is 3.12 bits per heavy atom. The number of carbonyl (C=O) groups excluding carboxylic acids is 1. The Hall–Kier alpha value is -2.56. The van der Waals surface area contributed by atoms with Crippen LogP contribution in [0.15, 0.2) is 42.9 Å². The number of amides is 1. The number of imidazole rings is 1. The van der Waals surface area contributed by atoms with Crippen LogP contribution in [-0.2, 0) is 17.6 Å². The van der Waals surface area contributed by atoms with E-state index in [1.165, 1.54) is 0 Å². The van der Waals surface area contributed by atoms with Crippen molar-refractivity contribution in [1.29, 1.82) is 0 Å². The van der Waals surface area contributed by atoms with Gasteiger partial charge in [0.05, 0.1) is 12.5 Å². The maximum absolute atomic E-state index is 12.9. The fourth-order valence-corrected chi connectivity index (χ4v) is 3.91. The molecule has 1 saturated heterocycles. The molecule has 5 heteroatoms. The highest BCUT2D eigenvalue weighted by Crippen LogP contribution is 2.25. The lowest BCUT2D eigenvalue weighted by Crippen LogP contribution is -2.41. The third-order valence-electron chi connectivity index (χ3n) is 5.22. The molecule has 130 valence electrons. The summed E-state index contributed by atoms with van der Waals surface area (Å²) in [5, 5.41) is 1.15. The Kier molecular flexibility index (Phi) is 4.30. The highest BCUT2D eigenvalue weighted by atomic mass is 16.2. The van der Waals surface area contributed by atoms with Crippen molar-refractivity contribution in [1.82, 2.24) is 19.4 Å². The van der Waals surface area contributed by atoms with E-state index in [-0.39, 0.29) is 5.91 Å². The zero-order valence-electron chi connectivity index (χ0n) is 14.6. The molecule has 25 heavy (non-hydrogen) atoms. The van der Waals surface area contributed by atoms with Gasteiger partial charge in [0.15, 0.2) is 0 Å². The number of para-hydroxylation sites is 1. The smallest absolute Gasteiger partial charge is 0.227 e. The number of fused-ring (bicyclic) bond motifs is 1. The number of hydrogen-bond acceptors (Lipinski definition) is 2. The van der Waals surface area contributed by atoms with Gasteiger partial charge in [0.2, 0.25) is 5.91 Å². The van der Waals surface area contributed by atoms with Gasteiger partial charge in [0.1, 0.15) is 5.82 Å². The standard InChI is InChI=1S/C20H24N4O/c1-2-19-21-9-11-24(19)16-6-5-10-23(14-16)20(25)12-15-13-22-18-8-4-3-7-17(15)18/h3-4,7-9,11,13,16,22H,2,5-6,10,12,14H2,1H3/t16-/m0/s1. The van der Waals surface area contributed by atoms with Gasteiger partial charge in [-0.2, -0.15) is 0 Å². The van der Waals surface area contributed by atoms with Crippen LogP contribution >= 0.6 is 0 Å². The van der Waals surface area contributed by atoms with Crippen molar-refractivity contribution in [3.63, 3.8) is 0 Å². The van der Waals surface area contributed by atoms with Crippen LogP contribution in [-0.4, -0.2) is 38.4 Å². The van der Waals surface area contributed by atoms with Crippen LogP contribution in [0.25, 0.3) is 10.9 Å². The number of aromatic nitrogens is 3. The van der Waals surface area contributed by atoms with Gasteiger partial charge in [0.25, 0.3) is 0 Å². The number of piperidine rings is 1. The number of aryl methyl sites for hydroxylation is 1. The van der Waals surface area contributed by atoms with E-state index < -0.39 is 0 Å². The Morgan fingerprint density at radius 2 is 2.24 bits per heavy atom.